The van der Waals surface area contributed by atoms with Gasteiger partial charge in [-0.25, -0.2) is 4.98 Å². The average Bonchev–Trinajstić information content (AvgIpc) is 2.48. The van der Waals surface area contributed by atoms with Gasteiger partial charge in [0.2, 0.25) is 5.91 Å². The average molecular weight is 292 g/mol. The Morgan fingerprint density at radius 3 is 2.62 bits per heavy atom. The number of nitrogens with one attached hydrogen (secondary N) is 2. The van der Waals surface area contributed by atoms with Gasteiger partial charge in [-0.2, -0.15) is 0 Å². The fraction of sp³-hybridized carbons (Fsp3) is 0.533. The monoisotopic (exact) mass is 292 g/mol. The third-order valence-corrected chi connectivity index (χ3v) is 2.94. The number of carbonyl (C=O) groups excluding carboxylic acids is 2. The van der Waals surface area contributed by atoms with Gasteiger partial charge in [-0.05, 0) is 31.4 Å². The molecule has 0 aliphatic rings. The zero-order valence-electron chi connectivity index (χ0n) is 12.7. The van der Waals surface area contributed by atoms with Crippen LogP contribution >= 0.6 is 0 Å². The van der Waals surface area contributed by atoms with Gasteiger partial charge in [-0.1, -0.05) is 13.8 Å². The van der Waals surface area contributed by atoms with E-state index in [2.05, 4.69) is 22.5 Å². The van der Waals surface area contributed by atoms with Crippen LogP contribution in [0.2, 0.25) is 0 Å². The lowest BCUT2D eigenvalue weighted by atomic mass is 10.1. The van der Waals surface area contributed by atoms with Crippen molar-refractivity contribution < 1.29 is 9.59 Å². The van der Waals surface area contributed by atoms with E-state index in [1.54, 1.807) is 12.1 Å². The van der Waals surface area contributed by atoms with Crippen molar-refractivity contribution in [3.8, 4) is 0 Å². The predicted octanol–water partition coefficient (Wildman–Crippen LogP) is 1.46. The highest BCUT2D eigenvalue weighted by molar-refractivity contribution is 5.95. The fourth-order valence-electron chi connectivity index (χ4n) is 1.81. The number of hydrogen-bond acceptors (Lipinski definition) is 4. The summed E-state index contributed by atoms with van der Waals surface area (Å²) in [4.78, 5) is 27.2. The molecule has 2 amide bonds. The van der Waals surface area contributed by atoms with E-state index in [9.17, 15) is 9.59 Å². The Morgan fingerprint density at radius 2 is 2.00 bits per heavy atom. The SMILES string of the molecule is CCCNc1cc(C(=O)NCCCC(N)=O)cc(CC)n1. The second-order valence-electron chi connectivity index (χ2n) is 4.84. The highest BCUT2D eigenvalue weighted by atomic mass is 16.2. The largest absolute Gasteiger partial charge is 0.370 e. The number of pyridine rings is 1. The van der Waals surface area contributed by atoms with Gasteiger partial charge < -0.3 is 16.4 Å². The lowest BCUT2D eigenvalue weighted by Crippen LogP contribution is -2.26. The maximum Gasteiger partial charge on any atom is 0.251 e. The second kappa shape index (κ2) is 8.94. The zero-order valence-corrected chi connectivity index (χ0v) is 12.7. The maximum absolute atomic E-state index is 12.1. The van der Waals surface area contributed by atoms with E-state index in [0.717, 1.165) is 30.9 Å². The van der Waals surface area contributed by atoms with Crippen LogP contribution in [0.3, 0.4) is 0 Å². The molecule has 1 heterocycles. The minimum absolute atomic E-state index is 0.156. The number of hydrogen-bond donors (Lipinski definition) is 3. The minimum atomic E-state index is -0.354. The molecule has 0 aromatic carbocycles. The molecule has 0 spiro atoms. The number of aryl methyl sites for hydroxylation is 1. The molecule has 4 N–H and O–H groups in total. The molecular formula is C15H24N4O2. The topological polar surface area (TPSA) is 97.1 Å². The smallest absolute Gasteiger partial charge is 0.251 e. The number of aromatic nitrogens is 1. The molecule has 0 saturated heterocycles. The molecule has 0 fully saturated rings. The van der Waals surface area contributed by atoms with Crippen molar-refractivity contribution in [3.05, 3.63) is 23.4 Å². The van der Waals surface area contributed by atoms with Crippen molar-refractivity contribution >= 4 is 17.6 Å². The van der Waals surface area contributed by atoms with Crippen LogP contribution in [0.4, 0.5) is 5.82 Å². The molecule has 21 heavy (non-hydrogen) atoms. The van der Waals surface area contributed by atoms with E-state index in [1.165, 1.54) is 0 Å². The summed E-state index contributed by atoms with van der Waals surface area (Å²) in [5.74, 6) is 0.210. The van der Waals surface area contributed by atoms with Crippen molar-refractivity contribution in [2.75, 3.05) is 18.4 Å². The van der Waals surface area contributed by atoms with E-state index in [4.69, 9.17) is 5.73 Å². The summed E-state index contributed by atoms with van der Waals surface area (Å²) < 4.78 is 0. The standard InChI is InChI=1S/C15H24N4O2/c1-3-7-17-14-10-11(9-12(4-2)19-14)15(21)18-8-5-6-13(16)20/h9-10H,3-8H2,1-2H3,(H2,16,20)(H,17,19)(H,18,21). The van der Waals surface area contributed by atoms with Gasteiger partial charge >= 0.3 is 0 Å². The lowest BCUT2D eigenvalue weighted by molar-refractivity contribution is -0.118. The number of primary amides is 1. The summed E-state index contributed by atoms with van der Waals surface area (Å²) >= 11 is 0. The van der Waals surface area contributed by atoms with E-state index < -0.39 is 0 Å². The van der Waals surface area contributed by atoms with Gasteiger partial charge in [0, 0.05) is 30.8 Å². The van der Waals surface area contributed by atoms with Crippen LogP contribution in [0.15, 0.2) is 12.1 Å². The maximum atomic E-state index is 12.1. The number of amides is 2. The lowest BCUT2D eigenvalue weighted by Gasteiger charge is -2.10. The van der Waals surface area contributed by atoms with Crippen LogP contribution in [0.5, 0.6) is 0 Å². The summed E-state index contributed by atoms with van der Waals surface area (Å²) in [6.07, 6.45) is 2.59. The van der Waals surface area contributed by atoms with E-state index in [1.807, 2.05) is 6.92 Å². The Morgan fingerprint density at radius 1 is 1.24 bits per heavy atom. The van der Waals surface area contributed by atoms with Crippen molar-refractivity contribution in [2.24, 2.45) is 5.73 Å². The number of carbonyl (C=O) groups is 2. The molecule has 1 aromatic heterocycles. The summed E-state index contributed by atoms with van der Waals surface area (Å²) in [5, 5.41) is 5.98. The second-order valence-corrected chi connectivity index (χ2v) is 4.84. The van der Waals surface area contributed by atoms with Crippen LogP contribution in [0.1, 0.15) is 49.2 Å². The van der Waals surface area contributed by atoms with Crippen LogP contribution in [0.25, 0.3) is 0 Å². The number of nitrogens with two attached hydrogens (primary N) is 1. The molecule has 0 aliphatic heterocycles. The summed E-state index contributed by atoms with van der Waals surface area (Å²) in [6.45, 7) is 5.33. The van der Waals surface area contributed by atoms with Gasteiger partial charge in [-0.15, -0.1) is 0 Å². The van der Waals surface area contributed by atoms with E-state index in [-0.39, 0.29) is 18.2 Å². The highest BCUT2D eigenvalue weighted by Gasteiger charge is 2.09. The molecular weight excluding hydrogens is 268 g/mol. The van der Waals surface area contributed by atoms with Gasteiger partial charge in [0.05, 0.1) is 0 Å². The summed E-state index contributed by atoms with van der Waals surface area (Å²) in [6, 6.07) is 3.54. The van der Waals surface area contributed by atoms with Crippen molar-refractivity contribution in [1.29, 1.82) is 0 Å². The Bertz CT molecular complexity index is 489. The van der Waals surface area contributed by atoms with Crippen molar-refractivity contribution in [1.82, 2.24) is 10.3 Å². The molecule has 0 atom stereocenters. The molecule has 6 nitrogen and oxygen atoms in total. The molecule has 1 aromatic rings. The summed E-state index contributed by atoms with van der Waals surface area (Å²) in [5.41, 5.74) is 6.51. The van der Waals surface area contributed by atoms with Crippen molar-refractivity contribution in [2.45, 2.75) is 39.5 Å². The van der Waals surface area contributed by atoms with Crippen LogP contribution < -0.4 is 16.4 Å². The quantitative estimate of drug-likeness (QED) is 0.600. The molecule has 0 bridgehead atoms. The first-order chi connectivity index (χ1) is 10.1. The first kappa shape index (κ1) is 16.9. The Kier molecular flexibility index (Phi) is 7.21. The first-order valence-corrected chi connectivity index (χ1v) is 7.38. The van der Waals surface area contributed by atoms with Crippen molar-refractivity contribution in [3.63, 3.8) is 0 Å². The first-order valence-electron chi connectivity index (χ1n) is 7.38. The molecule has 0 aliphatic carbocycles. The van der Waals surface area contributed by atoms with E-state index in [0.29, 0.717) is 18.5 Å². The summed E-state index contributed by atoms with van der Waals surface area (Å²) in [7, 11) is 0. The minimum Gasteiger partial charge on any atom is -0.370 e. The number of rotatable bonds is 9. The Labute approximate surface area is 125 Å². The predicted molar refractivity (Wildman–Crippen MR) is 83.2 cm³/mol. The van der Waals surface area contributed by atoms with Gasteiger partial charge in [0.25, 0.3) is 5.91 Å². The molecule has 0 unspecified atom stereocenters. The normalized spacial score (nSPS) is 10.2. The highest BCUT2D eigenvalue weighted by Crippen LogP contribution is 2.11. The zero-order chi connectivity index (χ0) is 15.7. The van der Waals surface area contributed by atoms with Crippen LogP contribution in [-0.2, 0) is 11.2 Å². The van der Waals surface area contributed by atoms with Crippen LogP contribution in [-0.4, -0.2) is 29.9 Å². The number of anilines is 1. The Balaban J connectivity index is 2.66. The van der Waals surface area contributed by atoms with E-state index >= 15 is 0 Å². The van der Waals surface area contributed by atoms with Crippen LogP contribution in [0, 0.1) is 0 Å². The van der Waals surface area contributed by atoms with Gasteiger partial charge in [-0.3, -0.25) is 9.59 Å². The third-order valence-electron chi connectivity index (χ3n) is 2.94. The fourth-order valence-corrected chi connectivity index (χ4v) is 1.81. The molecule has 0 saturated carbocycles. The van der Waals surface area contributed by atoms with Gasteiger partial charge in [0.15, 0.2) is 0 Å². The molecule has 116 valence electrons. The Hall–Kier alpha value is -2.11. The molecule has 0 radical (unpaired) electrons. The molecule has 6 heteroatoms. The third kappa shape index (κ3) is 6.25. The molecule has 1 rings (SSSR count). The van der Waals surface area contributed by atoms with Gasteiger partial charge in [0.1, 0.15) is 5.82 Å². The number of nitrogens with zero attached hydrogens (tertiary/aromatic N) is 1.